The predicted molar refractivity (Wildman–Crippen MR) is 57.8 cm³/mol. The van der Waals surface area contributed by atoms with Gasteiger partial charge >= 0.3 is 0 Å². The zero-order chi connectivity index (χ0) is 11.7. The van der Waals surface area contributed by atoms with Crippen LogP contribution in [0.1, 0.15) is 0 Å². The maximum absolute atomic E-state index is 13.5. The summed E-state index contributed by atoms with van der Waals surface area (Å²) in [6.07, 6.45) is -2.45. The summed E-state index contributed by atoms with van der Waals surface area (Å²) in [5.41, 5.74) is 0.374. The summed E-state index contributed by atoms with van der Waals surface area (Å²) in [4.78, 5) is 1.43. The average molecular weight is 296 g/mol. The molecule has 0 saturated carbocycles. The van der Waals surface area contributed by atoms with Crippen molar-refractivity contribution in [1.29, 1.82) is 0 Å². The lowest BCUT2D eigenvalue weighted by atomic mass is 10.2. The summed E-state index contributed by atoms with van der Waals surface area (Å²) < 4.78 is 43.8. The van der Waals surface area contributed by atoms with Gasteiger partial charge in [0.2, 0.25) is 0 Å². The Labute approximate surface area is 99.1 Å². The van der Waals surface area contributed by atoms with E-state index in [1.165, 1.54) is 11.0 Å². The van der Waals surface area contributed by atoms with E-state index in [4.69, 9.17) is 4.74 Å². The predicted octanol–water partition coefficient (Wildman–Crippen LogP) is 3.05. The van der Waals surface area contributed by atoms with Gasteiger partial charge in [-0.15, -0.1) is 0 Å². The number of alkyl halides is 2. The van der Waals surface area contributed by atoms with Crippen molar-refractivity contribution in [2.24, 2.45) is 0 Å². The fourth-order valence-corrected chi connectivity index (χ4v) is 2.08. The normalized spacial score (nSPS) is 14.9. The Kier molecular flexibility index (Phi) is 3.28. The van der Waals surface area contributed by atoms with E-state index in [1.807, 2.05) is 0 Å². The van der Waals surface area contributed by atoms with E-state index in [1.54, 1.807) is 6.07 Å². The molecule has 0 spiro atoms. The SMILES string of the molecule is Fc1cc(Br)cc2c1OCCN2CC(F)F. The van der Waals surface area contributed by atoms with E-state index in [2.05, 4.69) is 15.9 Å². The molecule has 88 valence electrons. The molecule has 0 N–H and O–H groups in total. The van der Waals surface area contributed by atoms with E-state index >= 15 is 0 Å². The lowest BCUT2D eigenvalue weighted by Crippen LogP contribution is -2.36. The van der Waals surface area contributed by atoms with Crippen LogP contribution in [0.5, 0.6) is 5.75 Å². The Morgan fingerprint density at radius 3 is 2.88 bits per heavy atom. The molecule has 0 atom stereocenters. The van der Waals surface area contributed by atoms with Crippen LogP contribution in [-0.4, -0.2) is 26.1 Å². The van der Waals surface area contributed by atoms with Gasteiger partial charge in [0, 0.05) is 4.47 Å². The average Bonchev–Trinajstić information content (AvgIpc) is 2.18. The molecule has 1 heterocycles. The lowest BCUT2D eigenvalue weighted by molar-refractivity contribution is 0.151. The first-order valence-corrected chi connectivity index (χ1v) is 5.52. The van der Waals surface area contributed by atoms with E-state index in [0.29, 0.717) is 16.7 Å². The molecule has 0 unspecified atom stereocenters. The van der Waals surface area contributed by atoms with Gasteiger partial charge in [-0.3, -0.25) is 0 Å². The van der Waals surface area contributed by atoms with Crippen LogP contribution < -0.4 is 9.64 Å². The third-order valence-corrected chi connectivity index (χ3v) is 2.75. The number of benzene rings is 1. The molecule has 0 saturated heterocycles. The van der Waals surface area contributed by atoms with Crippen LogP contribution in [0.25, 0.3) is 0 Å². The Morgan fingerprint density at radius 1 is 1.44 bits per heavy atom. The second-order valence-corrected chi connectivity index (χ2v) is 4.34. The Bertz CT molecular complexity index is 400. The van der Waals surface area contributed by atoms with E-state index < -0.39 is 18.8 Å². The van der Waals surface area contributed by atoms with Crippen molar-refractivity contribution < 1.29 is 17.9 Å². The van der Waals surface area contributed by atoms with Crippen LogP contribution in [-0.2, 0) is 0 Å². The van der Waals surface area contributed by atoms with E-state index in [9.17, 15) is 13.2 Å². The minimum absolute atomic E-state index is 0.0510. The summed E-state index contributed by atoms with van der Waals surface area (Å²) in [5.74, 6) is -0.488. The summed E-state index contributed by atoms with van der Waals surface area (Å²) in [5, 5.41) is 0. The number of anilines is 1. The summed E-state index contributed by atoms with van der Waals surface area (Å²) in [6, 6.07) is 2.84. The lowest BCUT2D eigenvalue weighted by Gasteiger charge is -2.31. The minimum Gasteiger partial charge on any atom is -0.486 e. The Hall–Kier alpha value is -0.910. The van der Waals surface area contributed by atoms with Gasteiger partial charge in [0.25, 0.3) is 6.43 Å². The first-order valence-electron chi connectivity index (χ1n) is 4.73. The molecule has 2 rings (SSSR count). The monoisotopic (exact) mass is 295 g/mol. The summed E-state index contributed by atoms with van der Waals surface area (Å²) >= 11 is 3.13. The number of hydrogen-bond acceptors (Lipinski definition) is 2. The molecule has 0 fully saturated rings. The van der Waals surface area contributed by atoms with Gasteiger partial charge in [0.15, 0.2) is 11.6 Å². The molecule has 6 heteroatoms. The van der Waals surface area contributed by atoms with Gasteiger partial charge in [-0.25, -0.2) is 13.2 Å². The van der Waals surface area contributed by atoms with Crippen molar-refractivity contribution in [1.82, 2.24) is 0 Å². The van der Waals surface area contributed by atoms with Crippen LogP contribution in [0.15, 0.2) is 16.6 Å². The smallest absolute Gasteiger partial charge is 0.255 e. The molecule has 1 aromatic carbocycles. The second kappa shape index (κ2) is 4.53. The maximum Gasteiger partial charge on any atom is 0.255 e. The number of hydrogen-bond donors (Lipinski definition) is 0. The molecular weight excluding hydrogens is 287 g/mol. The van der Waals surface area contributed by atoms with Crippen LogP contribution in [0.2, 0.25) is 0 Å². The standard InChI is InChI=1S/C10H9BrF3NO/c11-6-3-7(12)10-8(4-6)15(1-2-16-10)5-9(13)14/h3-4,9H,1-2,5H2. The third kappa shape index (κ3) is 2.26. The molecule has 0 amide bonds. The number of nitrogens with zero attached hydrogens (tertiary/aromatic N) is 1. The van der Waals surface area contributed by atoms with Gasteiger partial charge < -0.3 is 9.64 Å². The number of halogens is 4. The third-order valence-electron chi connectivity index (χ3n) is 2.30. The molecule has 1 aliphatic rings. The number of ether oxygens (including phenoxy) is 1. The number of rotatable bonds is 2. The molecule has 1 aliphatic heterocycles. The minimum atomic E-state index is -2.45. The summed E-state index contributed by atoms with van der Waals surface area (Å²) in [7, 11) is 0. The Morgan fingerprint density at radius 2 is 2.19 bits per heavy atom. The molecule has 1 aromatic rings. The highest BCUT2D eigenvalue weighted by Gasteiger charge is 2.24. The van der Waals surface area contributed by atoms with Crippen molar-refractivity contribution in [2.45, 2.75) is 6.43 Å². The van der Waals surface area contributed by atoms with Gasteiger partial charge in [-0.1, -0.05) is 15.9 Å². The van der Waals surface area contributed by atoms with Gasteiger partial charge in [-0.2, -0.15) is 0 Å². The highest BCUT2D eigenvalue weighted by atomic mass is 79.9. The molecular formula is C10H9BrF3NO. The number of fused-ring (bicyclic) bond motifs is 1. The highest BCUT2D eigenvalue weighted by Crippen LogP contribution is 2.37. The molecule has 0 radical (unpaired) electrons. The zero-order valence-electron chi connectivity index (χ0n) is 8.22. The zero-order valence-corrected chi connectivity index (χ0v) is 9.81. The largest absolute Gasteiger partial charge is 0.486 e. The van der Waals surface area contributed by atoms with Crippen molar-refractivity contribution >= 4 is 21.6 Å². The van der Waals surface area contributed by atoms with Crippen molar-refractivity contribution in [3.63, 3.8) is 0 Å². The van der Waals surface area contributed by atoms with Crippen LogP contribution in [0.4, 0.5) is 18.9 Å². The van der Waals surface area contributed by atoms with Crippen LogP contribution in [0, 0.1) is 5.82 Å². The second-order valence-electron chi connectivity index (χ2n) is 3.42. The Balaban J connectivity index is 2.37. The van der Waals surface area contributed by atoms with Gasteiger partial charge in [0.1, 0.15) is 6.61 Å². The van der Waals surface area contributed by atoms with Crippen LogP contribution >= 0.6 is 15.9 Å². The quantitative estimate of drug-likeness (QED) is 0.831. The first kappa shape index (κ1) is 11.6. The fourth-order valence-electron chi connectivity index (χ4n) is 1.66. The molecule has 2 nitrogen and oxygen atoms in total. The van der Waals surface area contributed by atoms with Crippen LogP contribution in [0.3, 0.4) is 0 Å². The van der Waals surface area contributed by atoms with E-state index in [-0.39, 0.29) is 12.4 Å². The fraction of sp³-hybridized carbons (Fsp3) is 0.400. The molecule has 0 bridgehead atoms. The van der Waals surface area contributed by atoms with E-state index in [0.717, 1.165) is 0 Å². The van der Waals surface area contributed by atoms with Gasteiger partial charge in [-0.05, 0) is 12.1 Å². The first-order chi connectivity index (χ1) is 7.58. The van der Waals surface area contributed by atoms with Gasteiger partial charge in [0.05, 0.1) is 18.8 Å². The highest BCUT2D eigenvalue weighted by molar-refractivity contribution is 9.10. The molecule has 16 heavy (non-hydrogen) atoms. The van der Waals surface area contributed by atoms with Crippen molar-refractivity contribution in [3.05, 3.63) is 22.4 Å². The van der Waals surface area contributed by atoms with Crippen molar-refractivity contribution in [2.75, 3.05) is 24.6 Å². The topological polar surface area (TPSA) is 12.5 Å². The maximum atomic E-state index is 13.5. The molecule has 0 aliphatic carbocycles. The summed E-state index contributed by atoms with van der Waals surface area (Å²) in [6.45, 7) is 0.151. The molecule has 0 aromatic heterocycles. The van der Waals surface area contributed by atoms with Crippen molar-refractivity contribution in [3.8, 4) is 5.75 Å².